The third-order valence-corrected chi connectivity index (χ3v) is 5.23. The molecule has 3 aromatic rings. The second kappa shape index (κ2) is 12.4. The standard InChI is InChI=1S/C24H20Cl2N4O5/c1-34-17-8-4-7-16(12-17)28-21(31)14-35-20-11-3-2-6-15(20)13-27-30-24(33)23(32)29-19-10-5-9-18(25)22(19)26/h2-13H,14H2,1H3,(H,28,31)(H,29,32)(H,30,33)/b27-13-. The van der Waals surface area contributed by atoms with Crippen LogP contribution in [0.1, 0.15) is 5.56 Å². The molecule has 3 rings (SSSR count). The summed E-state index contributed by atoms with van der Waals surface area (Å²) < 4.78 is 10.7. The molecule has 0 spiro atoms. The van der Waals surface area contributed by atoms with Gasteiger partial charge in [-0.15, -0.1) is 0 Å². The maximum Gasteiger partial charge on any atom is 0.329 e. The zero-order valence-corrected chi connectivity index (χ0v) is 19.9. The molecule has 0 heterocycles. The molecule has 0 radical (unpaired) electrons. The van der Waals surface area contributed by atoms with Crippen molar-refractivity contribution in [3.8, 4) is 11.5 Å². The van der Waals surface area contributed by atoms with Crippen LogP contribution in [0.5, 0.6) is 11.5 Å². The van der Waals surface area contributed by atoms with Gasteiger partial charge >= 0.3 is 11.8 Å². The first kappa shape index (κ1) is 25.5. The highest BCUT2D eigenvalue weighted by molar-refractivity contribution is 6.45. The molecule has 0 aliphatic carbocycles. The van der Waals surface area contributed by atoms with Crippen molar-refractivity contribution >= 4 is 58.5 Å². The first-order valence-electron chi connectivity index (χ1n) is 10.1. The van der Waals surface area contributed by atoms with Gasteiger partial charge in [0, 0.05) is 17.3 Å². The van der Waals surface area contributed by atoms with Gasteiger partial charge in [0.25, 0.3) is 5.91 Å². The van der Waals surface area contributed by atoms with Crippen molar-refractivity contribution < 1.29 is 23.9 Å². The van der Waals surface area contributed by atoms with Gasteiger partial charge in [0.05, 0.1) is 29.1 Å². The van der Waals surface area contributed by atoms with E-state index in [1.165, 1.54) is 19.4 Å². The molecule has 0 saturated carbocycles. The SMILES string of the molecule is COc1cccc(NC(=O)COc2ccccc2/C=N\NC(=O)C(=O)Nc2cccc(Cl)c2Cl)c1. The molecule has 3 N–H and O–H groups in total. The van der Waals surface area contributed by atoms with Crippen LogP contribution < -0.4 is 25.5 Å². The zero-order chi connectivity index (χ0) is 25.2. The van der Waals surface area contributed by atoms with Crippen LogP contribution in [0.3, 0.4) is 0 Å². The molecule has 0 bridgehead atoms. The van der Waals surface area contributed by atoms with Gasteiger partial charge in [0.1, 0.15) is 11.5 Å². The Morgan fingerprint density at radius 1 is 0.943 bits per heavy atom. The van der Waals surface area contributed by atoms with Crippen LogP contribution >= 0.6 is 23.2 Å². The van der Waals surface area contributed by atoms with Gasteiger partial charge < -0.3 is 20.1 Å². The summed E-state index contributed by atoms with van der Waals surface area (Å²) in [6.07, 6.45) is 1.28. The number of para-hydroxylation sites is 1. The number of amides is 3. The number of anilines is 2. The monoisotopic (exact) mass is 514 g/mol. The fraction of sp³-hybridized carbons (Fsp3) is 0.0833. The summed E-state index contributed by atoms with van der Waals surface area (Å²) >= 11 is 11.9. The number of ether oxygens (including phenoxy) is 2. The molecular formula is C24H20Cl2N4O5. The minimum atomic E-state index is -1.02. The lowest BCUT2D eigenvalue weighted by Crippen LogP contribution is -2.32. The van der Waals surface area contributed by atoms with Crippen molar-refractivity contribution in [2.45, 2.75) is 0 Å². The number of rotatable bonds is 8. The number of methoxy groups -OCH3 is 1. The molecule has 9 nitrogen and oxygen atoms in total. The van der Waals surface area contributed by atoms with Gasteiger partial charge in [-0.3, -0.25) is 14.4 Å². The van der Waals surface area contributed by atoms with Gasteiger partial charge in [-0.2, -0.15) is 5.10 Å². The second-order valence-electron chi connectivity index (χ2n) is 6.86. The quantitative estimate of drug-likeness (QED) is 0.237. The second-order valence-corrected chi connectivity index (χ2v) is 7.65. The predicted molar refractivity (Wildman–Crippen MR) is 134 cm³/mol. The maximum atomic E-state index is 12.2. The molecule has 0 aliphatic heterocycles. The van der Waals surface area contributed by atoms with E-state index in [1.807, 2.05) is 0 Å². The number of halogens is 2. The third-order valence-electron chi connectivity index (χ3n) is 4.41. The summed E-state index contributed by atoms with van der Waals surface area (Å²) in [6, 6.07) is 18.3. The Kier molecular flexibility index (Phi) is 9.05. The fourth-order valence-electron chi connectivity index (χ4n) is 2.75. The first-order valence-corrected chi connectivity index (χ1v) is 10.9. The predicted octanol–water partition coefficient (Wildman–Crippen LogP) is 4.11. The van der Waals surface area contributed by atoms with Gasteiger partial charge in [0.15, 0.2) is 6.61 Å². The minimum absolute atomic E-state index is 0.111. The Morgan fingerprint density at radius 3 is 2.51 bits per heavy atom. The number of nitrogens with zero attached hydrogens (tertiary/aromatic N) is 1. The number of hydrazone groups is 1. The van der Waals surface area contributed by atoms with Gasteiger partial charge in [-0.05, 0) is 36.4 Å². The van der Waals surface area contributed by atoms with E-state index in [0.717, 1.165) is 0 Å². The molecule has 0 fully saturated rings. The van der Waals surface area contributed by atoms with Crippen LogP contribution in [0.2, 0.25) is 10.0 Å². The Morgan fingerprint density at radius 2 is 1.71 bits per heavy atom. The van der Waals surface area contributed by atoms with E-state index in [4.69, 9.17) is 32.7 Å². The third kappa shape index (κ3) is 7.46. The summed E-state index contributed by atoms with van der Waals surface area (Å²) in [5.41, 5.74) is 3.34. The lowest BCUT2D eigenvalue weighted by molar-refractivity contribution is -0.136. The highest BCUT2D eigenvalue weighted by Crippen LogP contribution is 2.29. The summed E-state index contributed by atoms with van der Waals surface area (Å²) in [7, 11) is 1.53. The molecule has 3 amide bonds. The van der Waals surface area contributed by atoms with Crippen molar-refractivity contribution in [1.29, 1.82) is 0 Å². The minimum Gasteiger partial charge on any atom is -0.497 e. The van der Waals surface area contributed by atoms with E-state index < -0.39 is 11.8 Å². The summed E-state index contributed by atoms with van der Waals surface area (Å²) in [6.45, 7) is -0.267. The molecule has 3 aromatic carbocycles. The number of hydrogen-bond donors (Lipinski definition) is 3. The van der Waals surface area contributed by atoms with E-state index in [2.05, 4.69) is 21.2 Å². The van der Waals surface area contributed by atoms with Gasteiger partial charge in [-0.25, -0.2) is 5.43 Å². The molecule has 0 aromatic heterocycles. The lowest BCUT2D eigenvalue weighted by Gasteiger charge is -2.10. The highest BCUT2D eigenvalue weighted by Gasteiger charge is 2.15. The maximum absolute atomic E-state index is 12.2. The highest BCUT2D eigenvalue weighted by atomic mass is 35.5. The summed E-state index contributed by atoms with van der Waals surface area (Å²) in [5, 5.41) is 9.18. The normalized spacial score (nSPS) is 10.5. The van der Waals surface area contributed by atoms with Crippen LogP contribution in [-0.2, 0) is 14.4 Å². The molecule has 0 aliphatic rings. The molecular weight excluding hydrogens is 495 g/mol. The molecule has 35 heavy (non-hydrogen) atoms. The Hall–Kier alpha value is -4.08. The number of hydrogen-bond acceptors (Lipinski definition) is 6. The Bertz CT molecular complexity index is 1270. The summed E-state index contributed by atoms with van der Waals surface area (Å²) in [4.78, 5) is 36.4. The zero-order valence-electron chi connectivity index (χ0n) is 18.4. The van der Waals surface area contributed by atoms with Crippen LogP contribution in [0, 0.1) is 0 Å². The van der Waals surface area contributed by atoms with Crippen molar-refractivity contribution in [3.05, 3.63) is 82.3 Å². The van der Waals surface area contributed by atoms with E-state index >= 15 is 0 Å². The van der Waals surface area contributed by atoms with Gasteiger partial charge in [0.2, 0.25) is 0 Å². The number of benzene rings is 3. The largest absolute Gasteiger partial charge is 0.497 e. The lowest BCUT2D eigenvalue weighted by atomic mass is 10.2. The van der Waals surface area contributed by atoms with E-state index in [1.54, 1.807) is 60.7 Å². The van der Waals surface area contributed by atoms with Crippen molar-refractivity contribution in [3.63, 3.8) is 0 Å². The molecule has 11 heteroatoms. The smallest absolute Gasteiger partial charge is 0.329 e. The topological polar surface area (TPSA) is 118 Å². The number of nitrogens with one attached hydrogen (secondary N) is 3. The average Bonchev–Trinajstić information content (AvgIpc) is 2.86. The van der Waals surface area contributed by atoms with Crippen LogP contribution in [0.4, 0.5) is 11.4 Å². The Balaban J connectivity index is 1.54. The fourth-order valence-corrected chi connectivity index (χ4v) is 3.10. The number of carbonyl (C=O) groups excluding carboxylic acids is 3. The van der Waals surface area contributed by atoms with Crippen LogP contribution in [0.25, 0.3) is 0 Å². The van der Waals surface area contributed by atoms with Crippen molar-refractivity contribution in [1.82, 2.24) is 5.43 Å². The summed E-state index contributed by atoms with van der Waals surface area (Å²) in [5.74, 6) is -1.42. The van der Waals surface area contributed by atoms with E-state index in [-0.39, 0.29) is 28.2 Å². The van der Waals surface area contributed by atoms with Crippen LogP contribution in [0.15, 0.2) is 71.8 Å². The average molecular weight is 515 g/mol. The molecule has 0 saturated heterocycles. The molecule has 180 valence electrons. The Labute approximate surface area is 211 Å². The molecule has 0 atom stereocenters. The van der Waals surface area contributed by atoms with E-state index in [0.29, 0.717) is 22.7 Å². The van der Waals surface area contributed by atoms with E-state index in [9.17, 15) is 14.4 Å². The molecule has 0 unspecified atom stereocenters. The van der Waals surface area contributed by atoms with Gasteiger partial charge in [-0.1, -0.05) is 47.5 Å². The number of carbonyl (C=O) groups is 3. The van der Waals surface area contributed by atoms with Crippen molar-refractivity contribution in [2.75, 3.05) is 24.4 Å². The first-order chi connectivity index (χ1) is 16.9. The van der Waals surface area contributed by atoms with Crippen LogP contribution in [-0.4, -0.2) is 37.7 Å². The van der Waals surface area contributed by atoms with Crippen molar-refractivity contribution in [2.24, 2.45) is 5.10 Å².